The predicted octanol–water partition coefficient (Wildman–Crippen LogP) is 1.90. The topological polar surface area (TPSA) is 37.3 Å². The molecule has 0 aromatic heterocycles. The van der Waals surface area contributed by atoms with Crippen molar-refractivity contribution in [3.8, 4) is 0 Å². The molecule has 0 unspecified atom stereocenters. The van der Waals surface area contributed by atoms with Crippen LogP contribution < -0.4 is 0 Å². The Morgan fingerprint density at radius 2 is 2.00 bits per heavy atom. The Bertz CT molecular complexity index is 348. The third-order valence-electron chi connectivity index (χ3n) is 1.67. The summed E-state index contributed by atoms with van der Waals surface area (Å²) in [7, 11) is 0. The van der Waals surface area contributed by atoms with Crippen molar-refractivity contribution < 1.29 is 18.7 Å². The van der Waals surface area contributed by atoms with Crippen LogP contribution in [-0.4, -0.2) is 11.1 Å². The minimum atomic E-state index is -1.18. The standard InChI is InChI=1S/C9H8F2O2/c1-5-2-8(11)6(3-7(5)10)4-9(12)13/h2-3H,4H2,1H3,(H,12,13). The zero-order valence-corrected chi connectivity index (χ0v) is 6.97. The second-order valence-corrected chi connectivity index (χ2v) is 2.76. The predicted molar refractivity (Wildman–Crippen MR) is 42.4 cm³/mol. The van der Waals surface area contributed by atoms with Gasteiger partial charge >= 0.3 is 5.97 Å². The number of carboxylic acid groups (broad SMARTS) is 1. The number of halogens is 2. The average Bonchev–Trinajstić information content (AvgIpc) is 1.99. The molecule has 13 heavy (non-hydrogen) atoms. The molecule has 4 heteroatoms. The van der Waals surface area contributed by atoms with Crippen molar-refractivity contribution in [1.82, 2.24) is 0 Å². The minimum absolute atomic E-state index is 0.129. The lowest BCUT2D eigenvalue weighted by atomic mass is 10.1. The fourth-order valence-corrected chi connectivity index (χ4v) is 0.986. The van der Waals surface area contributed by atoms with E-state index in [2.05, 4.69) is 0 Å². The largest absolute Gasteiger partial charge is 0.481 e. The van der Waals surface area contributed by atoms with Gasteiger partial charge in [0.25, 0.3) is 0 Å². The quantitative estimate of drug-likeness (QED) is 0.765. The van der Waals surface area contributed by atoms with Crippen LogP contribution in [-0.2, 0) is 11.2 Å². The third-order valence-corrected chi connectivity index (χ3v) is 1.67. The molecule has 0 saturated heterocycles. The molecule has 2 nitrogen and oxygen atoms in total. The second-order valence-electron chi connectivity index (χ2n) is 2.76. The van der Waals surface area contributed by atoms with Gasteiger partial charge in [0.15, 0.2) is 0 Å². The fourth-order valence-electron chi connectivity index (χ4n) is 0.986. The van der Waals surface area contributed by atoms with Gasteiger partial charge in [-0.15, -0.1) is 0 Å². The highest BCUT2D eigenvalue weighted by Crippen LogP contribution is 2.14. The maximum Gasteiger partial charge on any atom is 0.307 e. The molecule has 0 aliphatic heterocycles. The van der Waals surface area contributed by atoms with E-state index in [1.807, 2.05) is 0 Å². The Labute approximate surface area is 73.8 Å². The van der Waals surface area contributed by atoms with Crippen LogP contribution in [0.25, 0.3) is 0 Å². The zero-order valence-electron chi connectivity index (χ0n) is 6.97. The van der Waals surface area contributed by atoms with E-state index in [4.69, 9.17) is 5.11 Å². The summed E-state index contributed by atoms with van der Waals surface area (Å²) < 4.78 is 25.8. The Balaban J connectivity index is 3.08. The van der Waals surface area contributed by atoms with E-state index >= 15 is 0 Å². The van der Waals surface area contributed by atoms with Gasteiger partial charge in [0.1, 0.15) is 11.6 Å². The van der Waals surface area contributed by atoms with Crippen molar-refractivity contribution in [2.75, 3.05) is 0 Å². The van der Waals surface area contributed by atoms with Crippen molar-refractivity contribution in [3.63, 3.8) is 0 Å². The molecule has 0 aliphatic carbocycles. The van der Waals surface area contributed by atoms with Gasteiger partial charge in [-0.05, 0) is 24.6 Å². The molecule has 0 fully saturated rings. The molecular formula is C9H8F2O2. The molecule has 0 spiro atoms. The van der Waals surface area contributed by atoms with Crippen LogP contribution in [0.15, 0.2) is 12.1 Å². The molecule has 0 atom stereocenters. The van der Waals surface area contributed by atoms with Crippen LogP contribution in [0.3, 0.4) is 0 Å². The monoisotopic (exact) mass is 186 g/mol. The summed E-state index contributed by atoms with van der Waals surface area (Å²) in [5.74, 6) is -2.44. The molecule has 1 aromatic carbocycles. The van der Waals surface area contributed by atoms with Crippen LogP contribution in [0.1, 0.15) is 11.1 Å². The summed E-state index contributed by atoms with van der Waals surface area (Å²) in [6.07, 6.45) is -0.497. The Morgan fingerprint density at radius 1 is 1.38 bits per heavy atom. The molecule has 1 rings (SSSR count). The van der Waals surface area contributed by atoms with Crippen LogP contribution >= 0.6 is 0 Å². The van der Waals surface area contributed by atoms with Gasteiger partial charge in [0, 0.05) is 5.56 Å². The molecule has 0 amide bonds. The third kappa shape index (κ3) is 2.24. The molecular weight excluding hydrogens is 178 g/mol. The molecule has 1 aromatic rings. The van der Waals surface area contributed by atoms with Crippen LogP contribution in [0.2, 0.25) is 0 Å². The summed E-state index contributed by atoms with van der Waals surface area (Å²) in [4.78, 5) is 10.2. The Hall–Kier alpha value is -1.45. The zero-order chi connectivity index (χ0) is 10.0. The van der Waals surface area contributed by atoms with Crippen molar-refractivity contribution in [2.24, 2.45) is 0 Å². The molecule has 0 radical (unpaired) electrons. The summed E-state index contributed by atoms with van der Waals surface area (Å²) in [5.41, 5.74) is 0.0437. The lowest BCUT2D eigenvalue weighted by molar-refractivity contribution is -0.136. The van der Waals surface area contributed by atoms with Crippen molar-refractivity contribution in [3.05, 3.63) is 34.9 Å². The first-order chi connectivity index (χ1) is 6.00. The Morgan fingerprint density at radius 3 is 2.54 bits per heavy atom. The van der Waals surface area contributed by atoms with Crippen molar-refractivity contribution >= 4 is 5.97 Å². The summed E-state index contributed by atoms with van der Waals surface area (Å²) in [6.45, 7) is 1.42. The van der Waals surface area contributed by atoms with Gasteiger partial charge in [0.2, 0.25) is 0 Å². The average molecular weight is 186 g/mol. The first kappa shape index (κ1) is 9.64. The van der Waals surface area contributed by atoms with E-state index in [9.17, 15) is 13.6 Å². The van der Waals surface area contributed by atoms with Gasteiger partial charge in [-0.1, -0.05) is 0 Å². The Kier molecular flexibility index (Phi) is 2.60. The number of hydrogen-bond donors (Lipinski definition) is 1. The summed E-state index contributed by atoms with van der Waals surface area (Å²) >= 11 is 0. The highest BCUT2D eigenvalue weighted by atomic mass is 19.1. The molecule has 0 heterocycles. The lowest BCUT2D eigenvalue weighted by Crippen LogP contribution is -2.03. The van der Waals surface area contributed by atoms with Gasteiger partial charge in [0.05, 0.1) is 6.42 Å². The van der Waals surface area contributed by atoms with E-state index in [0.29, 0.717) is 0 Å². The normalized spacial score (nSPS) is 10.1. The maximum absolute atomic E-state index is 13.0. The molecule has 0 bridgehead atoms. The van der Waals surface area contributed by atoms with Gasteiger partial charge < -0.3 is 5.11 Å². The minimum Gasteiger partial charge on any atom is -0.481 e. The number of benzene rings is 1. The van der Waals surface area contributed by atoms with Gasteiger partial charge in [-0.2, -0.15) is 0 Å². The number of carboxylic acids is 1. The number of rotatable bonds is 2. The van der Waals surface area contributed by atoms with Gasteiger partial charge in [-0.3, -0.25) is 4.79 Å². The number of hydrogen-bond acceptors (Lipinski definition) is 1. The molecule has 70 valence electrons. The maximum atomic E-state index is 13.0. The molecule has 0 saturated carbocycles. The van der Waals surface area contributed by atoms with E-state index in [1.165, 1.54) is 6.92 Å². The summed E-state index contributed by atoms with van der Waals surface area (Å²) in [6, 6.07) is 1.91. The smallest absolute Gasteiger partial charge is 0.307 e. The van der Waals surface area contributed by atoms with Crippen LogP contribution in [0.4, 0.5) is 8.78 Å². The molecule has 1 N–H and O–H groups in total. The SMILES string of the molecule is Cc1cc(F)c(CC(=O)O)cc1F. The van der Waals surface area contributed by atoms with E-state index in [-0.39, 0.29) is 11.1 Å². The van der Waals surface area contributed by atoms with Crippen LogP contribution in [0, 0.1) is 18.6 Å². The first-order valence-electron chi connectivity index (χ1n) is 3.67. The summed E-state index contributed by atoms with van der Waals surface area (Å²) in [5, 5.41) is 8.36. The molecule has 0 aliphatic rings. The first-order valence-corrected chi connectivity index (χ1v) is 3.67. The number of carbonyl (C=O) groups is 1. The second kappa shape index (κ2) is 3.51. The number of aryl methyl sites for hydroxylation is 1. The van der Waals surface area contributed by atoms with Crippen molar-refractivity contribution in [1.29, 1.82) is 0 Å². The fraction of sp³-hybridized carbons (Fsp3) is 0.222. The van der Waals surface area contributed by atoms with E-state index in [1.54, 1.807) is 0 Å². The van der Waals surface area contributed by atoms with Crippen molar-refractivity contribution in [2.45, 2.75) is 13.3 Å². The highest BCUT2D eigenvalue weighted by Gasteiger charge is 2.09. The van der Waals surface area contributed by atoms with E-state index in [0.717, 1.165) is 12.1 Å². The van der Waals surface area contributed by atoms with Crippen LogP contribution in [0.5, 0.6) is 0 Å². The number of aliphatic carboxylic acids is 1. The highest BCUT2D eigenvalue weighted by molar-refractivity contribution is 5.70. The lowest BCUT2D eigenvalue weighted by Gasteiger charge is -2.02. The van der Waals surface area contributed by atoms with Gasteiger partial charge in [-0.25, -0.2) is 8.78 Å². The van der Waals surface area contributed by atoms with E-state index < -0.39 is 24.0 Å².